The van der Waals surface area contributed by atoms with E-state index in [1.165, 1.54) is 4.90 Å². The highest BCUT2D eigenvalue weighted by Gasteiger charge is 2.39. The normalized spacial score (nSPS) is 20.0. The minimum Gasteiger partial charge on any atom is -0.330 e. The number of carbonyl (C=O) groups excluding carboxylic acids is 3. The van der Waals surface area contributed by atoms with Crippen molar-refractivity contribution in [1.29, 1.82) is 0 Å². The average Bonchev–Trinajstić information content (AvgIpc) is 2.86. The molecule has 2 heterocycles. The zero-order valence-corrected chi connectivity index (χ0v) is 12.6. The van der Waals surface area contributed by atoms with Crippen molar-refractivity contribution in [3.63, 3.8) is 0 Å². The van der Waals surface area contributed by atoms with Crippen LogP contribution in [0.5, 0.6) is 0 Å². The van der Waals surface area contributed by atoms with Crippen molar-refractivity contribution in [2.24, 2.45) is 5.73 Å². The lowest BCUT2D eigenvalue weighted by molar-refractivity contribution is -0.136. The van der Waals surface area contributed by atoms with Gasteiger partial charge in [0.25, 0.3) is 5.91 Å². The molecule has 2 aliphatic rings. The second-order valence-corrected chi connectivity index (χ2v) is 5.57. The number of nitrogens with zero attached hydrogens (tertiary/aromatic N) is 1. The van der Waals surface area contributed by atoms with Gasteiger partial charge >= 0.3 is 0 Å². The second kappa shape index (κ2) is 6.23. The number of benzene rings is 1. The molecule has 0 radical (unpaired) electrons. The van der Waals surface area contributed by atoms with E-state index in [1.54, 1.807) is 12.1 Å². The molecule has 6 heteroatoms. The predicted octanol–water partition coefficient (Wildman–Crippen LogP) is 0.148. The molecule has 1 fully saturated rings. The molecule has 1 saturated heterocycles. The van der Waals surface area contributed by atoms with Gasteiger partial charge in [0.15, 0.2) is 0 Å². The van der Waals surface area contributed by atoms with Crippen molar-refractivity contribution >= 4 is 17.7 Å². The highest BCUT2D eigenvalue weighted by molar-refractivity contribution is 6.05. The quantitative estimate of drug-likeness (QED) is 0.600. The lowest BCUT2D eigenvalue weighted by Crippen LogP contribution is -2.52. The SMILES string of the molecule is NCCC#Cc1cccc2c1CN(C1CCC(=O)NC1=O)C2=O. The third-order valence-corrected chi connectivity index (χ3v) is 4.07. The van der Waals surface area contributed by atoms with E-state index < -0.39 is 11.9 Å². The fourth-order valence-corrected chi connectivity index (χ4v) is 2.93. The summed E-state index contributed by atoms with van der Waals surface area (Å²) in [7, 11) is 0. The van der Waals surface area contributed by atoms with Crippen LogP contribution in [0, 0.1) is 11.8 Å². The van der Waals surface area contributed by atoms with Crippen LogP contribution in [0.25, 0.3) is 0 Å². The number of amides is 3. The molecular weight excluding hydrogens is 294 g/mol. The molecule has 1 atom stereocenters. The minimum atomic E-state index is -0.600. The Bertz CT molecular complexity index is 745. The summed E-state index contributed by atoms with van der Waals surface area (Å²) in [4.78, 5) is 37.4. The van der Waals surface area contributed by atoms with E-state index in [0.29, 0.717) is 31.5 Å². The van der Waals surface area contributed by atoms with Gasteiger partial charge in [-0.2, -0.15) is 0 Å². The Hall–Kier alpha value is -2.65. The summed E-state index contributed by atoms with van der Waals surface area (Å²) in [5.74, 6) is 5.14. The fourth-order valence-electron chi connectivity index (χ4n) is 2.93. The van der Waals surface area contributed by atoms with E-state index in [4.69, 9.17) is 5.73 Å². The molecule has 3 N–H and O–H groups in total. The van der Waals surface area contributed by atoms with Crippen molar-refractivity contribution in [3.05, 3.63) is 34.9 Å². The largest absolute Gasteiger partial charge is 0.330 e. The molecule has 23 heavy (non-hydrogen) atoms. The summed E-state index contributed by atoms with van der Waals surface area (Å²) in [5.41, 5.74) is 7.65. The van der Waals surface area contributed by atoms with Gasteiger partial charge in [-0.15, -0.1) is 0 Å². The molecule has 1 aromatic rings. The van der Waals surface area contributed by atoms with Crippen LogP contribution in [-0.2, 0) is 16.1 Å². The van der Waals surface area contributed by atoms with Crippen LogP contribution in [0.3, 0.4) is 0 Å². The van der Waals surface area contributed by atoms with Crippen molar-refractivity contribution in [2.75, 3.05) is 6.54 Å². The van der Waals surface area contributed by atoms with Gasteiger partial charge in [-0.1, -0.05) is 17.9 Å². The van der Waals surface area contributed by atoms with E-state index in [9.17, 15) is 14.4 Å². The molecule has 1 unspecified atom stereocenters. The number of hydrogen-bond acceptors (Lipinski definition) is 4. The summed E-state index contributed by atoms with van der Waals surface area (Å²) in [6, 6.07) is 4.80. The molecule has 0 aromatic heterocycles. The Morgan fingerprint density at radius 1 is 1.30 bits per heavy atom. The van der Waals surface area contributed by atoms with Crippen molar-refractivity contribution in [1.82, 2.24) is 10.2 Å². The van der Waals surface area contributed by atoms with E-state index >= 15 is 0 Å². The van der Waals surface area contributed by atoms with Gasteiger partial charge < -0.3 is 10.6 Å². The third-order valence-electron chi connectivity index (χ3n) is 4.07. The van der Waals surface area contributed by atoms with E-state index in [-0.39, 0.29) is 18.2 Å². The number of nitrogens with two attached hydrogens (primary N) is 1. The Balaban J connectivity index is 1.87. The molecule has 6 nitrogen and oxygen atoms in total. The molecule has 2 aliphatic heterocycles. The highest BCUT2D eigenvalue weighted by Crippen LogP contribution is 2.29. The lowest BCUT2D eigenvalue weighted by Gasteiger charge is -2.29. The number of imide groups is 1. The van der Waals surface area contributed by atoms with Crippen LogP contribution in [0.15, 0.2) is 18.2 Å². The van der Waals surface area contributed by atoms with Gasteiger partial charge in [-0.25, -0.2) is 0 Å². The highest BCUT2D eigenvalue weighted by atomic mass is 16.2. The molecule has 3 rings (SSSR count). The standard InChI is InChI=1S/C17H17N3O3/c18-9-2-1-4-11-5-3-6-12-13(11)10-20(17(12)23)14-7-8-15(21)19-16(14)22/h3,5-6,14H,2,7-10,18H2,(H,19,21,22). The first kappa shape index (κ1) is 15.3. The van der Waals surface area contributed by atoms with Gasteiger partial charge in [-0.3, -0.25) is 19.7 Å². The number of nitrogens with one attached hydrogen (secondary N) is 1. The fraction of sp³-hybridized carbons (Fsp3) is 0.353. The maximum absolute atomic E-state index is 12.6. The number of hydrogen-bond donors (Lipinski definition) is 2. The van der Waals surface area contributed by atoms with Crippen molar-refractivity contribution in [2.45, 2.75) is 31.8 Å². The van der Waals surface area contributed by atoms with Gasteiger partial charge in [-0.05, 0) is 24.1 Å². The summed E-state index contributed by atoms with van der Waals surface area (Å²) in [5, 5.41) is 2.30. The third kappa shape index (κ3) is 2.83. The Kier molecular flexibility index (Phi) is 4.13. The monoisotopic (exact) mass is 311 g/mol. The van der Waals surface area contributed by atoms with E-state index in [0.717, 1.165) is 11.1 Å². The summed E-state index contributed by atoms with van der Waals surface area (Å²) >= 11 is 0. The average molecular weight is 311 g/mol. The van der Waals surface area contributed by atoms with Crippen LogP contribution in [0.4, 0.5) is 0 Å². The zero-order chi connectivity index (χ0) is 16.4. The van der Waals surface area contributed by atoms with Gasteiger partial charge in [0.1, 0.15) is 6.04 Å². The molecule has 1 aromatic carbocycles. The molecule has 118 valence electrons. The Labute approximate surface area is 134 Å². The van der Waals surface area contributed by atoms with Crippen LogP contribution >= 0.6 is 0 Å². The number of piperidine rings is 1. The van der Waals surface area contributed by atoms with E-state index in [1.807, 2.05) is 6.07 Å². The number of rotatable bonds is 2. The first-order chi connectivity index (χ1) is 11.1. The molecule has 0 bridgehead atoms. The summed E-state index contributed by atoms with van der Waals surface area (Å²) < 4.78 is 0. The second-order valence-electron chi connectivity index (χ2n) is 5.57. The van der Waals surface area contributed by atoms with Crippen LogP contribution in [0.1, 0.15) is 40.7 Å². The molecular formula is C17H17N3O3. The predicted molar refractivity (Wildman–Crippen MR) is 83.0 cm³/mol. The molecule has 0 spiro atoms. The van der Waals surface area contributed by atoms with Crippen LogP contribution < -0.4 is 11.1 Å². The smallest absolute Gasteiger partial charge is 0.255 e. The van der Waals surface area contributed by atoms with Gasteiger partial charge in [0, 0.05) is 37.1 Å². The topological polar surface area (TPSA) is 92.5 Å². The summed E-state index contributed by atoms with van der Waals surface area (Å²) in [6.45, 7) is 0.831. The van der Waals surface area contributed by atoms with Crippen LogP contribution in [0.2, 0.25) is 0 Å². The van der Waals surface area contributed by atoms with Crippen LogP contribution in [-0.4, -0.2) is 35.2 Å². The maximum Gasteiger partial charge on any atom is 0.255 e. The number of fused-ring (bicyclic) bond motifs is 1. The lowest BCUT2D eigenvalue weighted by atomic mass is 10.0. The van der Waals surface area contributed by atoms with E-state index in [2.05, 4.69) is 17.2 Å². The van der Waals surface area contributed by atoms with Crippen molar-refractivity contribution < 1.29 is 14.4 Å². The zero-order valence-electron chi connectivity index (χ0n) is 12.6. The first-order valence-corrected chi connectivity index (χ1v) is 7.57. The maximum atomic E-state index is 12.6. The molecule has 0 aliphatic carbocycles. The molecule has 3 amide bonds. The Morgan fingerprint density at radius 3 is 2.87 bits per heavy atom. The number of carbonyl (C=O) groups is 3. The van der Waals surface area contributed by atoms with Gasteiger partial charge in [0.2, 0.25) is 11.8 Å². The van der Waals surface area contributed by atoms with Crippen molar-refractivity contribution in [3.8, 4) is 11.8 Å². The first-order valence-electron chi connectivity index (χ1n) is 7.57. The minimum absolute atomic E-state index is 0.183. The summed E-state index contributed by atoms with van der Waals surface area (Å²) in [6.07, 6.45) is 1.20. The van der Waals surface area contributed by atoms with Gasteiger partial charge in [0.05, 0.1) is 0 Å². The Morgan fingerprint density at radius 2 is 2.13 bits per heavy atom. The molecule has 0 saturated carbocycles.